The topological polar surface area (TPSA) is 102 Å². The van der Waals surface area contributed by atoms with E-state index in [-0.39, 0.29) is 28.6 Å². The van der Waals surface area contributed by atoms with Gasteiger partial charge in [-0.25, -0.2) is 8.42 Å². The van der Waals surface area contributed by atoms with Crippen LogP contribution in [0.1, 0.15) is 26.2 Å². The van der Waals surface area contributed by atoms with Gasteiger partial charge in [0.1, 0.15) is 4.21 Å². The van der Waals surface area contributed by atoms with E-state index in [0.29, 0.717) is 26.2 Å². The van der Waals surface area contributed by atoms with Crippen molar-refractivity contribution in [2.45, 2.75) is 42.5 Å². The zero-order valence-corrected chi connectivity index (χ0v) is 16.7. The molecular formula is C15H26ClN3O4S2. The van der Waals surface area contributed by atoms with Crippen molar-refractivity contribution in [3.63, 3.8) is 0 Å². The Morgan fingerprint density at radius 1 is 1.48 bits per heavy atom. The van der Waals surface area contributed by atoms with Crippen LogP contribution in [0.25, 0.3) is 0 Å². The van der Waals surface area contributed by atoms with Gasteiger partial charge in [0, 0.05) is 19.7 Å². The maximum absolute atomic E-state index is 12.5. The van der Waals surface area contributed by atoms with Crippen LogP contribution in [0.15, 0.2) is 21.7 Å². The standard InChI is InChI=1S/C15H25N3O4S2.ClH/c1-12(17-24(20,21)14-4-2-11-23-14)15(19)18-8-5-13(6-9-18)22-10-3-7-16;/h2,4,11-13,17H,3,5-10,16H2,1H3;1H. The fourth-order valence-corrected chi connectivity index (χ4v) is 4.81. The Balaban J connectivity index is 0.00000312. The number of nitrogens with zero attached hydrogens (tertiary/aromatic N) is 1. The molecule has 1 unspecified atom stereocenters. The van der Waals surface area contributed by atoms with Gasteiger partial charge in [-0.3, -0.25) is 4.79 Å². The number of thiophene rings is 1. The number of piperidine rings is 1. The normalized spacial score (nSPS) is 17.1. The van der Waals surface area contributed by atoms with Crippen molar-refractivity contribution in [1.29, 1.82) is 0 Å². The summed E-state index contributed by atoms with van der Waals surface area (Å²) in [5, 5.41) is 1.69. The number of nitrogens with one attached hydrogen (secondary N) is 1. The number of amides is 1. The fourth-order valence-electron chi connectivity index (χ4n) is 2.61. The largest absolute Gasteiger partial charge is 0.378 e. The SMILES string of the molecule is CC(NS(=O)(=O)c1cccs1)C(=O)N1CCC(OCCCN)CC1.Cl. The summed E-state index contributed by atoms with van der Waals surface area (Å²) in [6.07, 6.45) is 2.51. The van der Waals surface area contributed by atoms with Gasteiger partial charge in [0.05, 0.1) is 12.1 Å². The number of nitrogens with two attached hydrogens (primary N) is 1. The van der Waals surface area contributed by atoms with Crippen LogP contribution in [0, 0.1) is 0 Å². The van der Waals surface area contributed by atoms with Gasteiger partial charge in [0.25, 0.3) is 10.0 Å². The maximum atomic E-state index is 12.5. The Labute approximate surface area is 159 Å². The van der Waals surface area contributed by atoms with Crippen molar-refractivity contribution < 1.29 is 17.9 Å². The van der Waals surface area contributed by atoms with Gasteiger partial charge < -0.3 is 15.4 Å². The van der Waals surface area contributed by atoms with Crippen LogP contribution < -0.4 is 10.5 Å². The summed E-state index contributed by atoms with van der Waals surface area (Å²) in [4.78, 5) is 14.2. The minimum Gasteiger partial charge on any atom is -0.378 e. The molecular weight excluding hydrogens is 386 g/mol. The molecule has 0 spiro atoms. The quantitative estimate of drug-likeness (QED) is 0.625. The van der Waals surface area contributed by atoms with E-state index >= 15 is 0 Å². The molecule has 1 amide bonds. The first-order chi connectivity index (χ1) is 11.4. The number of sulfonamides is 1. The van der Waals surface area contributed by atoms with Gasteiger partial charge in [-0.05, 0) is 44.2 Å². The smallest absolute Gasteiger partial charge is 0.250 e. The monoisotopic (exact) mass is 411 g/mol. The predicted molar refractivity (Wildman–Crippen MR) is 101 cm³/mol. The number of ether oxygens (including phenoxy) is 1. The van der Waals surface area contributed by atoms with Gasteiger partial charge in [0.2, 0.25) is 5.91 Å². The predicted octanol–water partition coefficient (Wildman–Crippen LogP) is 1.19. The molecule has 1 atom stereocenters. The van der Waals surface area contributed by atoms with Crippen LogP contribution in [0.2, 0.25) is 0 Å². The fraction of sp³-hybridized carbons (Fsp3) is 0.667. The lowest BCUT2D eigenvalue weighted by Gasteiger charge is -2.33. The van der Waals surface area contributed by atoms with Crippen LogP contribution in [0.3, 0.4) is 0 Å². The second-order valence-corrected chi connectivity index (χ2v) is 8.70. The van der Waals surface area contributed by atoms with Gasteiger partial charge >= 0.3 is 0 Å². The summed E-state index contributed by atoms with van der Waals surface area (Å²) in [6.45, 7) is 4.00. The third-order valence-corrected chi connectivity index (χ3v) is 6.86. The van der Waals surface area contributed by atoms with E-state index in [9.17, 15) is 13.2 Å². The molecule has 10 heteroatoms. The van der Waals surface area contributed by atoms with Crippen LogP contribution in [0.5, 0.6) is 0 Å². The molecule has 0 radical (unpaired) electrons. The Hall–Kier alpha value is -0.710. The molecule has 0 bridgehead atoms. The summed E-state index contributed by atoms with van der Waals surface area (Å²) >= 11 is 1.13. The molecule has 1 aliphatic heterocycles. The van der Waals surface area contributed by atoms with Crippen LogP contribution in [0.4, 0.5) is 0 Å². The van der Waals surface area contributed by atoms with Crippen molar-refractivity contribution in [2.24, 2.45) is 5.73 Å². The lowest BCUT2D eigenvalue weighted by molar-refractivity contribution is -0.135. The van der Waals surface area contributed by atoms with Crippen molar-refractivity contribution >= 4 is 39.7 Å². The number of carbonyl (C=O) groups is 1. The molecule has 0 aromatic carbocycles. The molecule has 1 fully saturated rings. The molecule has 144 valence electrons. The number of hydrogen-bond acceptors (Lipinski definition) is 6. The summed E-state index contributed by atoms with van der Waals surface area (Å²) in [6, 6.07) is 2.40. The van der Waals surface area contributed by atoms with Gasteiger partial charge in [-0.1, -0.05) is 6.07 Å². The van der Waals surface area contributed by atoms with E-state index in [1.807, 2.05) is 0 Å². The Bertz CT molecular complexity index is 617. The highest BCUT2D eigenvalue weighted by Gasteiger charge is 2.29. The highest BCUT2D eigenvalue weighted by molar-refractivity contribution is 7.91. The first-order valence-electron chi connectivity index (χ1n) is 8.10. The minimum absolute atomic E-state index is 0. The Morgan fingerprint density at radius 3 is 2.72 bits per heavy atom. The summed E-state index contributed by atoms with van der Waals surface area (Å²) in [5.74, 6) is -0.199. The Morgan fingerprint density at radius 2 is 2.16 bits per heavy atom. The van der Waals surface area contributed by atoms with E-state index in [0.717, 1.165) is 30.6 Å². The lowest BCUT2D eigenvalue weighted by atomic mass is 10.1. The Kier molecular flexibility index (Phi) is 9.33. The molecule has 2 heterocycles. The lowest BCUT2D eigenvalue weighted by Crippen LogP contribution is -2.50. The van der Waals surface area contributed by atoms with Gasteiger partial charge in [-0.2, -0.15) is 4.72 Å². The van der Waals surface area contributed by atoms with E-state index in [2.05, 4.69) is 4.72 Å². The number of carbonyl (C=O) groups excluding carboxylic acids is 1. The van der Waals surface area contributed by atoms with Crippen LogP contribution >= 0.6 is 23.7 Å². The number of halogens is 1. The molecule has 1 saturated heterocycles. The molecule has 2 rings (SSSR count). The number of hydrogen-bond donors (Lipinski definition) is 2. The van der Waals surface area contributed by atoms with E-state index < -0.39 is 16.1 Å². The highest BCUT2D eigenvalue weighted by Crippen LogP contribution is 2.18. The molecule has 1 aromatic rings. The summed E-state index contributed by atoms with van der Waals surface area (Å²) < 4.78 is 32.8. The van der Waals surface area contributed by atoms with Crippen LogP contribution in [-0.2, 0) is 19.6 Å². The average molecular weight is 412 g/mol. The van der Waals surface area contributed by atoms with Crippen molar-refractivity contribution in [3.8, 4) is 0 Å². The van der Waals surface area contributed by atoms with Crippen molar-refractivity contribution in [3.05, 3.63) is 17.5 Å². The molecule has 1 aliphatic rings. The highest BCUT2D eigenvalue weighted by atomic mass is 35.5. The van der Waals surface area contributed by atoms with Gasteiger partial charge in [0.15, 0.2) is 0 Å². The third kappa shape index (κ3) is 6.50. The summed E-state index contributed by atoms with van der Waals surface area (Å²) in [5.41, 5.74) is 5.44. The zero-order valence-electron chi connectivity index (χ0n) is 14.2. The van der Waals surface area contributed by atoms with E-state index in [1.54, 1.807) is 23.3 Å². The number of likely N-dealkylation sites (tertiary alicyclic amines) is 1. The van der Waals surface area contributed by atoms with Gasteiger partial charge in [-0.15, -0.1) is 23.7 Å². The molecule has 3 N–H and O–H groups in total. The first-order valence-corrected chi connectivity index (χ1v) is 10.5. The molecule has 1 aromatic heterocycles. The second kappa shape index (κ2) is 10.4. The molecule has 0 saturated carbocycles. The number of rotatable bonds is 8. The summed E-state index contributed by atoms with van der Waals surface area (Å²) in [7, 11) is -3.64. The minimum atomic E-state index is -3.64. The molecule has 7 nitrogen and oxygen atoms in total. The molecule has 25 heavy (non-hydrogen) atoms. The van der Waals surface area contributed by atoms with E-state index in [4.69, 9.17) is 10.5 Å². The third-order valence-electron chi connectivity index (χ3n) is 3.92. The first kappa shape index (κ1) is 22.3. The maximum Gasteiger partial charge on any atom is 0.250 e. The zero-order chi connectivity index (χ0) is 17.6. The van der Waals surface area contributed by atoms with Crippen molar-refractivity contribution in [1.82, 2.24) is 9.62 Å². The van der Waals surface area contributed by atoms with Crippen LogP contribution in [-0.4, -0.2) is 57.6 Å². The second-order valence-electron chi connectivity index (χ2n) is 5.81. The van der Waals surface area contributed by atoms with E-state index in [1.165, 1.54) is 6.07 Å². The van der Waals surface area contributed by atoms with Crippen molar-refractivity contribution in [2.75, 3.05) is 26.2 Å². The average Bonchev–Trinajstić information content (AvgIpc) is 3.10. The molecule has 0 aliphatic carbocycles.